The summed E-state index contributed by atoms with van der Waals surface area (Å²) in [5, 5.41) is 8.09. The molecule has 1 saturated heterocycles. The Hall–Kier alpha value is -4.48. The number of piperidine rings is 1. The lowest BCUT2D eigenvalue weighted by atomic mass is 9.93. The molecule has 0 saturated carbocycles. The fourth-order valence-corrected chi connectivity index (χ4v) is 4.70. The van der Waals surface area contributed by atoms with E-state index in [1.165, 1.54) is 12.1 Å². The summed E-state index contributed by atoms with van der Waals surface area (Å²) in [7, 11) is 0. The minimum absolute atomic E-state index is 0.0221. The van der Waals surface area contributed by atoms with Crippen molar-refractivity contribution in [3.05, 3.63) is 71.7 Å². The Bertz CT molecular complexity index is 1520. The molecule has 196 valence electrons. The van der Waals surface area contributed by atoms with Gasteiger partial charge in [-0.25, -0.2) is 14.6 Å². The molecular formula is C26H24F3N7O2. The summed E-state index contributed by atoms with van der Waals surface area (Å²) in [6.07, 6.45) is -0.199. The Morgan fingerprint density at radius 1 is 1.08 bits per heavy atom. The molecule has 1 fully saturated rings. The van der Waals surface area contributed by atoms with E-state index in [4.69, 9.17) is 10.8 Å². The SMILES string of the molecule is CC(=O)N1CCCC(c2nn(-c3ccc(C(=O)Nc4cc(C(F)(F)F)ccn4)cc3)c3c(N)nccc23)C1. The van der Waals surface area contributed by atoms with Gasteiger partial charge in [0.1, 0.15) is 17.2 Å². The number of likely N-dealkylation sites (tertiary alicyclic amines) is 1. The number of alkyl halides is 3. The van der Waals surface area contributed by atoms with Crippen molar-refractivity contribution < 1.29 is 22.8 Å². The van der Waals surface area contributed by atoms with E-state index >= 15 is 0 Å². The van der Waals surface area contributed by atoms with Gasteiger partial charge < -0.3 is 16.0 Å². The molecule has 3 aromatic heterocycles. The standard InChI is InChI=1S/C26H24F3N7O2/c1-15(37)35-12-2-3-17(14-35)22-20-9-11-32-24(30)23(20)36(34-22)19-6-4-16(5-7-19)25(38)33-21-13-18(8-10-31-21)26(27,28)29/h4-11,13,17H,2-3,12,14H2,1H3,(H2,30,32)(H,31,33,38). The van der Waals surface area contributed by atoms with Crippen molar-refractivity contribution in [1.29, 1.82) is 0 Å². The number of hydrogen-bond donors (Lipinski definition) is 2. The summed E-state index contributed by atoms with van der Waals surface area (Å²) < 4.78 is 40.6. The van der Waals surface area contributed by atoms with E-state index in [0.29, 0.717) is 24.3 Å². The molecule has 1 unspecified atom stereocenters. The summed E-state index contributed by atoms with van der Waals surface area (Å²) in [5.74, 6) is -0.473. The number of pyridine rings is 2. The number of rotatable bonds is 4. The van der Waals surface area contributed by atoms with Crippen LogP contribution in [0.1, 0.15) is 47.3 Å². The molecule has 1 atom stereocenters. The molecule has 1 aliphatic heterocycles. The van der Waals surface area contributed by atoms with Crippen molar-refractivity contribution in [1.82, 2.24) is 24.6 Å². The largest absolute Gasteiger partial charge is 0.416 e. The van der Waals surface area contributed by atoms with E-state index in [2.05, 4.69) is 15.3 Å². The first-order valence-corrected chi connectivity index (χ1v) is 12.0. The number of nitrogen functional groups attached to an aromatic ring is 1. The van der Waals surface area contributed by atoms with Crippen LogP contribution in [-0.2, 0) is 11.0 Å². The highest BCUT2D eigenvalue weighted by Gasteiger charge is 2.31. The van der Waals surface area contributed by atoms with Crippen molar-refractivity contribution in [3.63, 3.8) is 0 Å². The average Bonchev–Trinajstić information content (AvgIpc) is 3.29. The third-order valence-corrected chi connectivity index (χ3v) is 6.60. The molecule has 0 radical (unpaired) electrons. The number of aromatic nitrogens is 4. The minimum Gasteiger partial charge on any atom is -0.382 e. The van der Waals surface area contributed by atoms with Gasteiger partial charge in [0.2, 0.25) is 5.91 Å². The van der Waals surface area contributed by atoms with Crippen LogP contribution in [0.25, 0.3) is 16.6 Å². The van der Waals surface area contributed by atoms with E-state index in [9.17, 15) is 22.8 Å². The molecule has 0 aliphatic carbocycles. The molecule has 5 rings (SSSR count). The van der Waals surface area contributed by atoms with Crippen LogP contribution >= 0.6 is 0 Å². The second-order valence-electron chi connectivity index (χ2n) is 9.12. The number of anilines is 2. The third kappa shape index (κ3) is 4.89. The topological polar surface area (TPSA) is 119 Å². The molecule has 12 heteroatoms. The Morgan fingerprint density at radius 2 is 1.82 bits per heavy atom. The molecule has 0 spiro atoms. The average molecular weight is 524 g/mol. The Labute approximate surface area is 215 Å². The number of fused-ring (bicyclic) bond motifs is 1. The molecule has 1 aromatic carbocycles. The number of nitrogens with zero attached hydrogens (tertiary/aromatic N) is 5. The van der Waals surface area contributed by atoms with Gasteiger partial charge in [0, 0.05) is 49.3 Å². The lowest BCUT2D eigenvalue weighted by Crippen LogP contribution is -2.37. The molecule has 0 bridgehead atoms. The quantitative estimate of drug-likeness (QED) is 0.410. The number of halogens is 3. The zero-order valence-electron chi connectivity index (χ0n) is 20.4. The third-order valence-electron chi connectivity index (χ3n) is 6.60. The number of carbonyl (C=O) groups is 2. The summed E-state index contributed by atoms with van der Waals surface area (Å²) >= 11 is 0. The Balaban J connectivity index is 1.43. The minimum atomic E-state index is -4.55. The van der Waals surface area contributed by atoms with Crippen molar-refractivity contribution in [3.8, 4) is 5.69 Å². The van der Waals surface area contributed by atoms with E-state index in [1.54, 1.807) is 29.9 Å². The maximum absolute atomic E-state index is 13.0. The van der Waals surface area contributed by atoms with Crippen LogP contribution in [-0.4, -0.2) is 49.6 Å². The lowest BCUT2D eigenvalue weighted by molar-refractivity contribution is -0.137. The molecule has 3 N–H and O–H groups in total. The number of nitrogens with one attached hydrogen (secondary N) is 1. The van der Waals surface area contributed by atoms with Crippen LogP contribution in [0.3, 0.4) is 0 Å². The van der Waals surface area contributed by atoms with Crippen molar-refractivity contribution >= 4 is 34.4 Å². The predicted molar refractivity (Wildman–Crippen MR) is 135 cm³/mol. The van der Waals surface area contributed by atoms with Crippen LogP contribution in [0.5, 0.6) is 0 Å². The lowest BCUT2D eigenvalue weighted by Gasteiger charge is -2.31. The highest BCUT2D eigenvalue weighted by Crippen LogP contribution is 2.34. The number of carbonyl (C=O) groups excluding carboxylic acids is 2. The van der Waals surface area contributed by atoms with E-state index < -0.39 is 17.6 Å². The highest BCUT2D eigenvalue weighted by atomic mass is 19.4. The van der Waals surface area contributed by atoms with Gasteiger partial charge in [0.15, 0.2) is 0 Å². The van der Waals surface area contributed by atoms with Crippen LogP contribution in [0.2, 0.25) is 0 Å². The Morgan fingerprint density at radius 3 is 2.53 bits per heavy atom. The van der Waals surface area contributed by atoms with Gasteiger partial charge in [-0.3, -0.25) is 9.59 Å². The van der Waals surface area contributed by atoms with Gasteiger partial charge in [0.25, 0.3) is 5.91 Å². The summed E-state index contributed by atoms with van der Waals surface area (Å²) in [4.78, 5) is 34.5. The van der Waals surface area contributed by atoms with Gasteiger partial charge in [-0.05, 0) is 55.3 Å². The van der Waals surface area contributed by atoms with Crippen LogP contribution < -0.4 is 11.1 Å². The van der Waals surface area contributed by atoms with Crippen molar-refractivity contribution in [2.75, 3.05) is 24.1 Å². The normalized spacial score (nSPS) is 16.0. The number of hydrogen-bond acceptors (Lipinski definition) is 6. The van der Waals surface area contributed by atoms with Crippen LogP contribution in [0.15, 0.2) is 54.9 Å². The van der Waals surface area contributed by atoms with Gasteiger partial charge in [-0.2, -0.15) is 18.3 Å². The van der Waals surface area contributed by atoms with Crippen LogP contribution in [0, 0.1) is 0 Å². The number of nitrogens with two attached hydrogens (primary N) is 1. The summed E-state index contributed by atoms with van der Waals surface area (Å²) in [6, 6.07) is 9.86. The smallest absolute Gasteiger partial charge is 0.382 e. The van der Waals surface area contributed by atoms with Crippen LogP contribution in [0.4, 0.5) is 24.8 Å². The molecule has 38 heavy (non-hydrogen) atoms. The van der Waals surface area contributed by atoms with E-state index in [-0.39, 0.29) is 29.0 Å². The summed E-state index contributed by atoms with van der Waals surface area (Å²) in [6.45, 7) is 2.84. The maximum Gasteiger partial charge on any atom is 0.416 e. The van der Waals surface area contributed by atoms with Gasteiger partial charge in [0.05, 0.1) is 16.9 Å². The molecular weight excluding hydrogens is 499 g/mol. The van der Waals surface area contributed by atoms with Crippen molar-refractivity contribution in [2.45, 2.75) is 31.9 Å². The number of benzene rings is 1. The first-order valence-electron chi connectivity index (χ1n) is 12.0. The zero-order valence-corrected chi connectivity index (χ0v) is 20.4. The number of amides is 2. The molecule has 2 amide bonds. The Kier molecular flexibility index (Phi) is 6.47. The fraction of sp³-hybridized carbons (Fsp3) is 0.269. The second-order valence-corrected chi connectivity index (χ2v) is 9.12. The molecule has 9 nitrogen and oxygen atoms in total. The fourth-order valence-electron chi connectivity index (χ4n) is 4.70. The van der Waals surface area contributed by atoms with E-state index in [0.717, 1.165) is 42.3 Å². The monoisotopic (exact) mass is 523 g/mol. The maximum atomic E-state index is 13.0. The molecule has 4 heterocycles. The van der Waals surface area contributed by atoms with Gasteiger partial charge in [-0.1, -0.05) is 0 Å². The van der Waals surface area contributed by atoms with Gasteiger partial charge >= 0.3 is 6.18 Å². The molecule has 1 aliphatic rings. The predicted octanol–water partition coefficient (Wildman–Crippen LogP) is 4.39. The van der Waals surface area contributed by atoms with Crippen molar-refractivity contribution in [2.24, 2.45) is 0 Å². The van der Waals surface area contributed by atoms with Gasteiger partial charge in [-0.15, -0.1) is 0 Å². The first kappa shape index (κ1) is 25.2. The zero-order chi connectivity index (χ0) is 27.0. The van der Waals surface area contributed by atoms with E-state index in [1.807, 2.05) is 11.0 Å². The summed E-state index contributed by atoms with van der Waals surface area (Å²) in [5.41, 5.74) is 7.60. The molecule has 4 aromatic rings. The first-order chi connectivity index (χ1) is 18.1. The highest BCUT2D eigenvalue weighted by molar-refractivity contribution is 6.04. The second kappa shape index (κ2) is 9.77.